The Hall–Kier alpha value is -1.85. The van der Waals surface area contributed by atoms with Gasteiger partial charge in [-0.25, -0.2) is 4.98 Å². The first-order valence-corrected chi connectivity index (χ1v) is 6.14. The molecule has 5 nitrogen and oxygen atoms in total. The lowest BCUT2D eigenvalue weighted by Gasteiger charge is -2.15. The molecule has 0 atom stereocenters. The number of anilines is 1. The largest absolute Gasteiger partial charge is 0.399 e. The van der Waals surface area contributed by atoms with Gasteiger partial charge in [0.05, 0.1) is 18.2 Å². The number of ether oxygens (including phenoxy) is 2. The van der Waals surface area contributed by atoms with E-state index < -0.39 is 0 Å². The van der Waals surface area contributed by atoms with E-state index in [2.05, 4.69) is 4.98 Å². The molecule has 1 aromatic carbocycles. The normalized spacial score (nSPS) is 11.1. The second-order valence-corrected chi connectivity index (χ2v) is 4.31. The Morgan fingerprint density at radius 1 is 1.21 bits per heavy atom. The van der Waals surface area contributed by atoms with Crippen molar-refractivity contribution in [3.05, 3.63) is 48.0 Å². The van der Waals surface area contributed by atoms with Crippen LogP contribution in [-0.2, 0) is 22.4 Å². The van der Waals surface area contributed by atoms with Gasteiger partial charge in [0.2, 0.25) is 0 Å². The Bertz CT molecular complexity index is 504. The van der Waals surface area contributed by atoms with Gasteiger partial charge in [-0.05, 0) is 24.1 Å². The van der Waals surface area contributed by atoms with Gasteiger partial charge in [0.1, 0.15) is 0 Å². The van der Waals surface area contributed by atoms with Crippen LogP contribution in [0.1, 0.15) is 17.5 Å². The van der Waals surface area contributed by atoms with Crippen molar-refractivity contribution < 1.29 is 9.47 Å². The van der Waals surface area contributed by atoms with E-state index in [1.165, 1.54) is 5.56 Å². The number of nitrogens with two attached hydrogens (primary N) is 1. The van der Waals surface area contributed by atoms with Gasteiger partial charge in [0, 0.05) is 26.5 Å². The van der Waals surface area contributed by atoms with Crippen LogP contribution >= 0.6 is 0 Å². The van der Waals surface area contributed by atoms with Crippen molar-refractivity contribution in [2.24, 2.45) is 0 Å². The molecule has 0 amide bonds. The van der Waals surface area contributed by atoms with E-state index >= 15 is 0 Å². The van der Waals surface area contributed by atoms with E-state index in [1.807, 2.05) is 28.8 Å². The second-order valence-electron chi connectivity index (χ2n) is 4.31. The fourth-order valence-electron chi connectivity index (χ4n) is 1.99. The maximum Gasteiger partial charge on any atom is 0.200 e. The Labute approximate surface area is 113 Å². The molecule has 2 N–H and O–H groups in total. The molecule has 0 spiro atoms. The zero-order chi connectivity index (χ0) is 13.7. The average Bonchev–Trinajstić information content (AvgIpc) is 2.88. The van der Waals surface area contributed by atoms with Crippen molar-refractivity contribution in [2.75, 3.05) is 20.0 Å². The number of nitrogens with zero attached hydrogens (tertiary/aromatic N) is 2. The number of nitrogen functional groups attached to an aromatic ring is 1. The molecule has 0 saturated heterocycles. The molecular weight excluding hydrogens is 242 g/mol. The van der Waals surface area contributed by atoms with Crippen LogP contribution in [0.15, 0.2) is 36.8 Å². The molecule has 1 aromatic heterocycles. The van der Waals surface area contributed by atoms with Gasteiger partial charge < -0.3 is 19.8 Å². The first kappa shape index (κ1) is 13.6. The molecule has 5 heteroatoms. The molecule has 2 aromatic rings. The van der Waals surface area contributed by atoms with Crippen LogP contribution < -0.4 is 5.73 Å². The lowest BCUT2D eigenvalue weighted by Crippen LogP contribution is -2.12. The SMILES string of the molecule is COC(OC)c1cncn1CCc1ccc(N)cc1. The van der Waals surface area contributed by atoms with Crippen molar-refractivity contribution >= 4 is 5.69 Å². The minimum Gasteiger partial charge on any atom is -0.399 e. The van der Waals surface area contributed by atoms with Crippen molar-refractivity contribution in [2.45, 2.75) is 19.3 Å². The van der Waals surface area contributed by atoms with Gasteiger partial charge in [0.15, 0.2) is 6.29 Å². The molecular formula is C14H19N3O2. The molecule has 19 heavy (non-hydrogen) atoms. The van der Waals surface area contributed by atoms with Crippen molar-refractivity contribution in [3.63, 3.8) is 0 Å². The van der Waals surface area contributed by atoms with Crippen LogP contribution in [0.2, 0.25) is 0 Å². The lowest BCUT2D eigenvalue weighted by atomic mass is 10.1. The summed E-state index contributed by atoms with van der Waals surface area (Å²) < 4.78 is 12.5. The quantitative estimate of drug-likeness (QED) is 0.638. The van der Waals surface area contributed by atoms with Crippen molar-refractivity contribution in [1.82, 2.24) is 9.55 Å². The number of hydrogen-bond acceptors (Lipinski definition) is 4. The maximum absolute atomic E-state index is 5.67. The van der Waals surface area contributed by atoms with Gasteiger partial charge in [0.25, 0.3) is 0 Å². The molecule has 0 bridgehead atoms. The van der Waals surface area contributed by atoms with E-state index in [-0.39, 0.29) is 6.29 Å². The van der Waals surface area contributed by atoms with E-state index in [4.69, 9.17) is 15.2 Å². The van der Waals surface area contributed by atoms with Crippen LogP contribution in [-0.4, -0.2) is 23.8 Å². The summed E-state index contributed by atoms with van der Waals surface area (Å²) in [6.07, 6.45) is 4.08. The van der Waals surface area contributed by atoms with Crippen molar-refractivity contribution in [3.8, 4) is 0 Å². The smallest absolute Gasteiger partial charge is 0.200 e. The highest BCUT2D eigenvalue weighted by molar-refractivity contribution is 5.39. The Kier molecular flexibility index (Phi) is 4.54. The zero-order valence-corrected chi connectivity index (χ0v) is 11.2. The number of imidazole rings is 1. The standard InChI is InChI=1S/C14H19N3O2/c1-18-14(19-2)13-9-16-10-17(13)8-7-11-3-5-12(15)6-4-11/h3-6,9-10,14H,7-8,15H2,1-2H3. The third kappa shape index (κ3) is 3.33. The Balaban J connectivity index is 2.03. The summed E-state index contributed by atoms with van der Waals surface area (Å²) in [5.74, 6) is 0. The van der Waals surface area contributed by atoms with Crippen LogP contribution in [0, 0.1) is 0 Å². The van der Waals surface area contributed by atoms with Gasteiger partial charge in [-0.2, -0.15) is 0 Å². The number of hydrogen-bond donors (Lipinski definition) is 1. The van der Waals surface area contributed by atoms with Crippen LogP contribution in [0.4, 0.5) is 5.69 Å². The summed E-state index contributed by atoms with van der Waals surface area (Å²) in [7, 11) is 3.23. The zero-order valence-electron chi connectivity index (χ0n) is 11.2. The molecule has 0 aliphatic heterocycles. The molecule has 1 heterocycles. The van der Waals surface area contributed by atoms with Gasteiger partial charge >= 0.3 is 0 Å². The van der Waals surface area contributed by atoms with Gasteiger partial charge in [-0.15, -0.1) is 0 Å². The van der Waals surface area contributed by atoms with Gasteiger partial charge in [-0.1, -0.05) is 12.1 Å². The first-order chi connectivity index (χ1) is 9.24. The number of benzene rings is 1. The highest BCUT2D eigenvalue weighted by Gasteiger charge is 2.14. The fraction of sp³-hybridized carbons (Fsp3) is 0.357. The molecule has 0 saturated carbocycles. The number of methoxy groups -OCH3 is 2. The van der Waals surface area contributed by atoms with E-state index in [1.54, 1.807) is 26.7 Å². The predicted octanol–water partition coefficient (Wildman–Crippen LogP) is 2.00. The number of aromatic nitrogens is 2. The lowest BCUT2D eigenvalue weighted by molar-refractivity contribution is -0.110. The summed E-state index contributed by atoms with van der Waals surface area (Å²) >= 11 is 0. The minimum atomic E-state index is -0.381. The molecule has 0 radical (unpaired) electrons. The minimum absolute atomic E-state index is 0.381. The molecule has 0 aliphatic carbocycles. The molecule has 0 unspecified atom stereocenters. The Morgan fingerprint density at radius 3 is 2.53 bits per heavy atom. The first-order valence-electron chi connectivity index (χ1n) is 6.14. The summed E-state index contributed by atoms with van der Waals surface area (Å²) in [5.41, 5.74) is 8.61. The average molecular weight is 261 g/mol. The Morgan fingerprint density at radius 2 is 1.89 bits per heavy atom. The van der Waals surface area contributed by atoms with E-state index in [0.717, 1.165) is 24.3 Å². The summed E-state index contributed by atoms with van der Waals surface area (Å²) in [5, 5.41) is 0. The highest BCUT2D eigenvalue weighted by atomic mass is 16.7. The number of rotatable bonds is 6. The predicted molar refractivity (Wildman–Crippen MR) is 73.5 cm³/mol. The van der Waals surface area contributed by atoms with Gasteiger partial charge in [-0.3, -0.25) is 0 Å². The van der Waals surface area contributed by atoms with Crippen molar-refractivity contribution in [1.29, 1.82) is 0 Å². The van der Waals surface area contributed by atoms with Crippen LogP contribution in [0.3, 0.4) is 0 Å². The topological polar surface area (TPSA) is 62.3 Å². The van der Waals surface area contributed by atoms with E-state index in [0.29, 0.717) is 0 Å². The molecule has 102 valence electrons. The second kappa shape index (κ2) is 6.36. The third-order valence-corrected chi connectivity index (χ3v) is 3.04. The maximum atomic E-state index is 5.67. The summed E-state index contributed by atoms with van der Waals surface area (Å²) in [6.45, 7) is 0.822. The molecule has 2 rings (SSSR count). The molecule has 0 fully saturated rings. The number of aryl methyl sites for hydroxylation is 2. The molecule has 0 aliphatic rings. The van der Waals surface area contributed by atoms with Crippen LogP contribution in [0.25, 0.3) is 0 Å². The van der Waals surface area contributed by atoms with E-state index in [9.17, 15) is 0 Å². The van der Waals surface area contributed by atoms with Crippen LogP contribution in [0.5, 0.6) is 0 Å². The monoisotopic (exact) mass is 261 g/mol. The fourth-order valence-corrected chi connectivity index (χ4v) is 1.99. The highest BCUT2D eigenvalue weighted by Crippen LogP contribution is 2.17. The third-order valence-electron chi connectivity index (χ3n) is 3.04. The summed E-state index contributed by atoms with van der Waals surface area (Å²) in [4.78, 5) is 4.15. The summed E-state index contributed by atoms with van der Waals surface area (Å²) in [6, 6.07) is 7.90.